The van der Waals surface area contributed by atoms with Crippen molar-refractivity contribution in [2.24, 2.45) is 0 Å². The summed E-state index contributed by atoms with van der Waals surface area (Å²) >= 11 is 0. The summed E-state index contributed by atoms with van der Waals surface area (Å²) in [6, 6.07) is 6.72. The first-order valence-electron chi connectivity index (χ1n) is 7.15. The highest BCUT2D eigenvalue weighted by atomic mass is 16.5. The Hall–Kier alpha value is -3.09. The highest BCUT2D eigenvalue weighted by Gasteiger charge is 2.22. The Morgan fingerprint density at radius 2 is 2.00 bits per heavy atom. The first-order valence-corrected chi connectivity index (χ1v) is 7.15. The first kappa shape index (κ1) is 15.8. The number of nitrogens with zero attached hydrogens (tertiary/aromatic N) is 1. The molecule has 0 radical (unpaired) electrons. The molecule has 2 aliphatic rings. The van der Waals surface area contributed by atoms with Gasteiger partial charge in [0, 0.05) is 13.0 Å². The maximum Gasteiger partial charge on any atom is 0.302 e. The molecule has 7 nitrogen and oxygen atoms in total. The number of benzene rings is 2. The van der Waals surface area contributed by atoms with Crippen molar-refractivity contribution in [3.63, 3.8) is 0 Å². The number of ether oxygens (including phenoxy) is 3. The summed E-state index contributed by atoms with van der Waals surface area (Å²) in [7, 11) is 2.79. The summed E-state index contributed by atoms with van der Waals surface area (Å²) in [5.41, 5.74) is 1.86. The molecule has 1 aromatic carbocycles. The van der Waals surface area contributed by atoms with Crippen molar-refractivity contribution in [2.45, 2.75) is 13.5 Å². The van der Waals surface area contributed by atoms with E-state index in [0.717, 1.165) is 5.56 Å². The summed E-state index contributed by atoms with van der Waals surface area (Å²) in [6.07, 6.45) is 0. The fourth-order valence-electron chi connectivity index (χ4n) is 2.36. The predicted molar refractivity (Wildman–Crippen MR) is 85.5 cm³/mol. The number of esters is 1. The molecule has 0 bridgehead atoms. The smallest absolute Gasteiger partial charge is 0.302 e. The molecule has 1 aliphatic carbocycles. The van der Waals surface area contributed by atoms with Gasteiger partial charge in [-0.3, -0.25) is 9.59 Å². The molecule has 0 amide bonds. The van der Waals surface area contributed by atoms with Crippen LogP contribution in [0.25, 0.3) is 22.6 Å². The van der Waals surface area contributed by atoms with Crippen LogP contribution in [0.5, 0.6) is 11.5 Å². The van der Waals surface area contributed by atoms with Crippen LogP contribution in [0.15, 0.2) is 33.5 Å². The van der Waals surface area contributed by atoms with E-state index in [1.165, 1.54) is 27.2 Å². The maximum atomic E-state index is 12.2. The maximum absolute atomic E-state index is 12.2. The lowest BCUT2D eigenvalue weighted by Gasteiger charge is -2.12. The molecule has 1 heterocycles. The second-order valence-corrected chi connectivity index (χ2v) is 5.09. The van der Waals surface area contributed by atoms with Gasteiger partial charge >= 0.3 is 5.97 Å². The molecule has 1 aliphatic heterocycles. The number of methoxy groups -OCH3 is 2. The van der Waals surface area contributed by atoms with Gasteiger partial charge < -0.3 is 18.6 Å². The molecule has 0 saturated heterocycles. The zero-order valence-electron chi connectivity index (χ0n) is 13.4. The number of rotatable bonds is 4. The minimum atomic E-state index is -0.399. The number of carbonyl (C=O) groups is 1. The lowest BCUT2D eigenvalue weighted by Crippen LogP contribution is -2.11. The van der Waals surface area contributed by atoms with Crippen molar-refractivity contribution in [3.05, 3.63) is 40.1 Å². The van der Waals surface area contributed by atoms with Gasteiger partial charge in [0.15, 0.2) is 17.1 Å². The second kappa shape index (κ2) is 6.19. The zero-order chi connectivity index (χ0) is 17.3. The van der Waals surface area contributed by atoms with E-state index in [1.807, 2.05) is 0 Å². The Balaban J connectivity index is 2.18. The van der Waals surface area contributed by atoms with Crippen molar-refractivity contribution in [1.29, 1.82) is 0 Å². The molecule has 0 spiro atoms. The van der Waals surface area contributed by atoms with Gasteiger partial charge in [-0.15, -0.1) is 0 Å². The van der Waals surface area contributed by atoms with E-state index in [9.17, 15) is 9.59 Å². The molecule has 0 saturated carbocycles. The van der Waals surface area contributed by atoms with Crippen LogP contribution in [-0.2, 0) is 16.1 Å². The number of hydrogen-bond acceptors (Lipinski definition) is 7. The quantitative estimate of drug-likeness (QED) is 0.536. The Labute approximate surface area is 137 Å². The fraction of sp³-hybridized carbons (Fsp3) is 0.235. The van der Waals surface area contributed by atoms with E-state index >= 15 is 0 Å². The van der Waals surface area contributed by atoms with Crippen LogP contribution in [0.4, 0.5) is 0 Å². The highest BCUT2D eigenvalue weighted by Crippen LogP contribution is 2.33. The Morgan fingerprint density at radius 3 is 2.67 bits per heavy atom. The van der Waals surface area contributed by atoms with Crippen LogP contribution in [0.1, 0.15) is 12.5 Å². The van der Waals surface area contributed by atoms with Gasteiger partial charge in [-0.2, -0.15) is 0 Å². The zero-order valence-corrected chi connectivity index (χ0v) is 13.4. The Bertz CT molecular complexity index is 946. The Morgan fingerprint density at radius 1 is 1.21 bits per heavy atom. The van der Waals surface area contributed by atoms with Gasteiger partial charge in [-0.25, -0.2) is 4.98 Å². The van der Waals surface area contributed by atoms with E-state index < -0.39 is 5.43 Å². The van der Waals surface area contributed by atoms with E-state index in [2.05, 4.69) is 4.98 Å². The molecule has 0 aromatic heterocycles. The lowest BCUT2D eigenvalue weighted by molar-refractivity contribution is -0.142. The van der Waals surface area contributed by atoms with Gasteiger partial charge in [-0.1, -0.05) is 6.07 Å². The van der Waals surface area contributed by atoms with Crippen LogP contribution in [0, 0.1) is 0 Å². The van der Waals surface area contributed by atoms with Crippen LogP contribution < -0.4 is 14.9 Å². The minimum absolute atomic E-state index is 0.0442. The molecule has 24 heavy (non-hydrogen) atoms. The molecule has 1 aromatic rings. The molecule has 0 atom stereocenters. The van der Waals surface area contributed by atoms with E-state index in [-0.39, 0.29) is 29.8 Å². The lowest BCUT2D eigenvalue weighted by atomic mass is 10.1. The van der Waals surface area contributed by atoms with Crippen LogP contribution >= 0.6 is 0 Å². The highest BCUT2D eigenvalue weighted by molar-refractivity contribution is 5.79. The summed E-state index contributed by atoms with van der Waals surface area (Å²) in [5, 5.41) is 0. The number of aromatic nitrogens is 1. The van der Waals surface area contributed by atoms with E-state index in [0.29, 0.717) is 16.8 Å². The van der Waals surface area contributed by atoms with Gasteiger partial charge in [0.05, 0.1) is 14.2 Å². The van der Waals surface area contributed by atoms with Crippen molar-refractivity contribution in [1.82, 2.24) is 4.98 Å². The van der Waals surface area contributed by atoms with E-state index in [1.54, 1.807) is 18.2 Å². The third-order valence-electron chi connectivity index (χ3n) is 3.48. The topological polar surface area (TPSA) is 87.9 Å². The molecule has 0 fully saturated rings. The summed E-state index contributed by atoms with van der Waals surface area (Å²) in [5.74, 6) is 0.0625. The van der Waals surface area contributed by atoms with Gasteiger partial charge in [0.25, 0.3) is 5.43 Å². The van der Waals surface area contributed by atoms with E-state index in [4.69, 9.17) is 18.6 Å². The van der Waals surface area contributed by atoms with Crippen molar-refractivity contribution >= 4 is 17.1 Å². The van der Waals surface area contributed by atoms with Crippen LogP contribution in [0.3, 0.4) is 0 Å². The molecular weight excluding hydrogens is 314 g/mol. The van der Waals surface area contributed by atoms with Gasteiger partial charge in [-0.05, 0) is 17.7 Å². The normalized spacial score (nSPS) is 10.8. The fourth-order valence-corrected chi connectivity index (χ4v) is 2.36. The Kier molecular flexibility index (Phi) is 4.07. The molecule has 3 rings (SSSR count). The molecule has 0 unspecified atom stereocenters. The van der Waals surface area contributed by atoms with Crippen LogP contribution in [-0.4, -0.2) is 25.2 Å². The van der Waals surface area contributed by atoms with Gasteiger partial charge in [0.2, 0.25) is 5.75 Å². The summed E-state index contributed by atoms with van der Waals surface area (Å²) < 4.78 is 21.0. The third-order valence-corrected chi connectivity index (χ3v) is 3.48. The average molecular weight is 329 g/mol. The monoisotopic (exact) mass is 329 g/mol. The average Bonchev–Trinajstić information content (AvgIpc) is 2.57. The molecular formula is C17H15NO6. The predicted octanol–water partition coefficient (Wildman–Crippen LogP) is 2.37. The summed E-state index contributed by atoms with van der Waals surface area (Å²) in [6.45, 7) is 1.50. The largest absolute Gasteiger partial charge is 0.492 e. The van der Waals surface area contributed by atoms with Crippen molar-refractivity contribution < 1.29 is 23.4 Å². The van der Waals surface area contributed by atoms with Crippen LogP contribution in [0.2, 0.25) is 0 Å². The second-order valence-electron chi connectivity index (χ2n) is 5.09. The third kappa shape index (κ3) is 2.76. The van der Waals surface area contributed by atoms with Crippen molar-refractivity contribution in [2.75, 3.05) is 14.2 Å². The molecule has 124 valence electrons. The number of carbonyl (C=O) groups excluding carboxylic acids is 1. The molecule has 7 heteroatoms. The standard InChI is InChI=1S/C17H15NO6/c1-9(19)23-8-10-4-5-13-11(6-10)18-12-7-14(21-2)15(20)17(22-3)16(12)24-13/h4-7H,8H2,1-3H3. The number of hydrogen-bond donors (Lipinski definition) is 0. The first-order chi connectivity index (χ1) is 11.5. The summed E-state index contributed by atoms with van der Waals surface area (Å²) in [4.78, 5) is 27.6. The van der Waals surface area contributed by atoms with Crippen molar-refractivity contribution in [3.8, 4) is 23.0 Å². The van der Waals surface area contributed by atoms with Gasteiger partial charge in [0.1, 0.15) is 17.8 Å². The number of fused-ring (bicyclic) bond motifs is 2. The minimum Gasteiger partial charge on any atom is -0.492 e. The molecule has 0 N–H and O–H groups in total. The SMILES string of the molecule is COc1cc2nc3cc(COC(C)=O)ccc3oc-2c(OC)c1=O.